The van der Waals surface area contributed by atoms with Gasteiger partial charge in [0.05, 0.1) is 13.1 Å². The molecule has 0 aliphatic carbocycles. The Labute approximate surface area is 201 Å². The monoisotopic (exact) mass is 475 g/mol. The van der Waals surface area contributed by atoms with Crippen LogP contribution in [-0.4, -0.2) is 88.1 Å². The van der Waals surface area contributed by atoms with Crippen molar-refractivity contribution in [2.45, 2.75) is 52.4 Å². The van der Waals surface area contributed by atoms with Gasteiger partial charge in [0.25, 0.3) is 0 Å². The number of amides is 4. The van der Waals surface area contributed by atoms with Gasteiger partial charge in [0.2, 0.25) is 11.8 Å². The molecule has 2 fully saturated rings. The van der Waals surface area contributed by atoms with Crippen molar-refractivity contribution in [3.05, 3.63) is 35.9 Å². The predicted molar refractivity (Wildman–Crippen MR) is 131 cm³/mol. The molecule has 182 valence electrons. The highest BCUT2D eigenvalue weighted by Crippen LogP contribution is 2.28. The van der Waals surface area contributed by atoms with Crippen LogP contribution in [0.4, 0.5) is 4.79 Å². The van der Waals surface area contributed by atoms with Crippen LogP contribution < -0.4 is 5.32 Å². The predicted octanol–water partition coefficient (Wildman–Crippen LogP) is 2.61. The highest BCUT2D eigenvalue weighted by atomic mass is 32.2. The smallest absolute Gasteiger partial charge is 0.334 e. The lowest BCUT2D eigenvalue weighted by Gasteiger charge is -2.55. The summed E-state index contributed by atoms with van der Waals surface area (Å²) in [6, 6.07) is 8.99. The first-order chi connectivity index (χ1) is 15.9. The van der Waals surface area contributed by atoms with Crippen LogP contribution in [0.15, 0.2) is 30.3 Å². The number of fused-ring (bicyclic) bond motifs is 1. The summed E-state index contributed by atoms with van der Waals surface area (Å²) in [4.78, 5) is 43.5. The van der Waals surface area contributed by atoms with E-state index in [2.05, 4.69) is 19.2 Å². The van der Waals surface area contributed by atoms with Gasteiger partial charge in [-0.25, -0.2) is 14.8 Å². The first kappa shape index (κ1) is 25.4. The van der Waals surface area contributed by atoms with Crippen LogP contribution in [0.3, 0.4) is 0 Å². The third-order valence-electron chi connectivity index (χ3n) is 6.26. The molecular formula is C24H37N5O3S. The molecule has 1 aromatic rings. The lowest BCUT2D eigenvalue weighted by atomic mass is 10.0. The molecule has 2 saturated heterocycles. The van der Waals surface area contributed by atoms with Crippen LogP contribution in [0.1, 0.15) is 39.2 Å². The number of hydrazine groups is 1. The zero-order valence-corrected chi connectivity index (χ0v) is 21.0. The number of urea groups is 1. The molecule has 0 aromatic heterocycles. The van der Waals surface area contributed by atoms with Gasteiger partial charge in [-0.15, -0.1) is 0 Å². The van der Waals surface area contributed by atoms with Gasteiger partial charge in [-0.1, -0.05) is 51.1 Å². The molecule has 1 aromatic carbocycles. The fourth-order valence-corrected chi connectivity index (χ4v) is 4.90. The van der Waals surface area contributed by atoms with Gasteiger partial charge in [-0.2, -0.15) is 11.8 Å². The molecule has 8 nitrogen and oxygen atoms in total. The molecule has 4 amide bonds. The number of carbonyl (C=O) groups excluding carboxylic acids is 3. The third kappa shape index (κ3) is 6.00. The zero-order chi connectivity index (χ0) is 24.0. The van der Waals surface area contributed by atoms with Crippen molar-refractivity contribution in [3.63, 3.8) is 0 Å². The van der Waals surface area contributed by atoms with E-state index in [0.29, 0.717) is 38.5 Å². The number of benzene rings is 1. The van der Waals surface area contributed by atoms with Crippen molar-refractivity contribution in [2.24, 2.45) is 5.92 Å². The molecule has 2 aliphatic rings. The molecule has 0 spiro atoms. The minimum Gasteiger partial charge on any atom is -0.337 e. The number of likely N-dealkylation sites (N-methyl/N-ethyl adjacent to an activating group) is 1. The second-order valence-electron chi connectivity index (χ2n) is 9.02. The van der Waals surface area contributed by atoms with E-state index in [-0.39, 0.29) is 24.4 Å². The molecule has 33 heavy (non-hydrogen) atoms. The van der Waals surface area contributed by atoms with E-state index >= 15 is 0 Å². The van der Waals surface area contributed by atoms with Crippen LogP contribution >= 0.6 is 11.8 Å². The van der Waals surface area contributed by atoms with Gasteiger partial charge < -0.3 is 15.1 Å². The molecular weight excluding hydrogens is 438 g/mol. The van der Waals surface area contributed by atoms with E-state index < -0.39 is 12.2 Å². The molecule has 2 heterocycles. The van der Waals surface area contributed by atoms with Gasteiger partial charge in [0, 0.05) is 19.6 Å². The van der Waals surface area contributed by atoms with Gasteiger partial charge in [0.15, 0.2) is 0 Å². The minimum absolute atomic E-state index is 0.00360. The second kappa shape index (κ2) is 11.7. The Bertz CT molecular complexity index is 822. The van der Waals surface area contributed by atoms with Crippen LogP contribution in [0, 0.1) is 5.92 Å². The van der Waals surface area contributed by atoms with Crippen molar-refractivity contribution in [2.75, 3.05) is 38.2 Å². The number of thioether (sulfide) groups is 1. The average Bonchev–Trinajstić information content (AvgIpc) is 2.81. The summed E-state index contributed by atoms with van der Waals surface area (Å²) < 4.78 is 0. The molecule has 0 saturated carbocycles. The fourth-order valence-electron chi connectivity index (χ4n) is 4.44. The summed E-state index contributed by atoms with van der Waals surface area (Å²) in [5.41, 5.74) is 1.01. The van der Waals surface area contributed by atoms with Crippen LogP contribution in [0.2, 0.25) is 0 Å². The van der Waals surface area contributed by atoms with Gasteiger partial charge in [0.1, 0.15) is 12.2 Å². The number of nitrogens with zero attached hydrogens (tertiary/aromatic N) is 4. The van der Waals surface area contributed by atoms with E-state index in [1.807, 2.05) is 48.4 Å². The van der Waals surface area contributed by atoms with Crippen molar-refractivity contribution < 1.29 is 14.4 Å². The van der Waals surface area contributed by atoms with E-state index in [1.54, 1.807) is 26.7 Å². The Hall–Kier alpha value is -2.26. The molecule has 1 N–H and O–H groups in total. The average molecular weight is 476 g/mol. The second-order valence-corrected chi connectivity index (χ2v) is 10.0. The maximum absolute atomic E-state index is 13.4. The molecule has 0 unspecified atom stereocenters. The van der Waals surface area contributed by atoms with Crippen molar-refractivity contribution in [1.82, 2.24) is 25.1 Å². The van der Waals surface area contributed by atoms with Crippen LogP contribution in [0.5, 0.6) is 0 Å². The number of rotatable bonds is 9. The van der Waals surface area contributed by atoms with E-state index in [4.69, 9.17) is 0 Å². The number of hydrogen-bond acceptors (Lipinski definition) is 5. The number of nitrogens with one attached hydrogen (secondary N) is 1. The summed E-state index contributed by atoms with van der Waals surface area (Å²) in [5, 5.41) is 6.48. The molecule has 0 bridgehead atoms. The number of piperazine rings is 1. The lowest BCUT2D eigenvalue weighted by molar-refractivity contribution is -0.190. The molecule has 2 atom stereocenters. The van der Waals surface area contributed by atoms with Gasteiger partial charge in [-0.3, -0.25) is 9.59 Å². The van der Waals surface area contributed by atoms with Gasteiger partial charge in [-0.05, 0) is 36.3 Å². The van der Waals surface area contributed by atoms with Crippen molar-refractivity contribution >= 4 is 29.6 Å². The van der Waals surface area contributed by atoms with Crippen LogP contribution in [0.25, 0.3) is 0 Å². The zero-order valence-electron chi connectivity index (χ0n) is 20.2. The Balaban J connectivity index is 1.86. The summed E-state index contributed by atoms with van der Waals surface area (Å²) in [6.07, 6.45) is 2.98. The van der Waals surface area contributed by atoms with E-state index in [1.165, 1.54) is 0 Å². The van der Waals surface area contributed by atoms with E-state index in [0.717, 1.165) is 17.7 Å². The number of carbonyl (C=O) groups is 3. The summed E-state index contributed by atoms with van der Waals surface area (Å²) in [7, 11) is 0. The van der Waals surface area contributed by atoms with Crippen molar-refractivity contribution in [1.29, 1.82) is 0 Å². The first-order valence-electron chi connectivity index (χ1n) is 11.8. The molecule has 0 radical (unpaired) electrons. The quantitative estimate of drug-likeness (QED) is 0.594. The highest BCUT2D eigenvalue weighted by Gasteiger charge is 2.50. The Morgan fingerprint density at radius 1 is 1.21 bits per heavy atom. The molecule has 9 heteroatoms. The molecule has 3 rings (SSSR count). The highest BCUT2D eigenvalue weighted by molar-refractivity contribution is 7.98. The standard InChI is InChI=1S/C24H37N5O3S/c1-5-27-17-22(30)28-20(12-14-33-4)23(31)26(13-11-18(2)3)16-21(28)29(27)24(32)25-15-19-9-7-6-8-10-19/h6-10,18,20-21H,5,11-17H2,1-4H3,(H,25,32)/t20-,21-/m0/s1. The summed E-state index contributed by atoms with van der Waals surface area (Å²) >= 11 is 1.66. The summed E-state index contributed by atoms with van der Waals surface area (Å²) in [6.45, 7) is 8.22. The third-order valence-corrected chi connectivity index (χ3v) is 6.91. The number of hydrogen-bond donors (Lipinski definition) is 1. The normalized spacial score (nSPS) is 21.5. The molecule has 2 aliphatic heterocycles. The minimum atomic E-state index is -0.528. The van der Waals surface area contributed by atoms with E-state index in [9.17, 15) is 14.4 Å². The topological polar surface area (TPSA) is 76.2 Å². The Morgan fingerprint density at radius 2 is 1.94 bits per heavy atom. The SMILES string of the molecule is CCN1CC(=O)N2[C@@H](CCSC)C(=O)N(CCC(C)C)C[C@@H]2N1C(=O)NCc1ccccc1. The summed E-state index contributed by atoms with van der Waals surface area (Å²) in [5.74, 6) is 1.16. The van der Waals surface area contributed by atoms with Crippen molar-refractivity contribution in [3.8, 4) is 0 Å². The maximum atomic E-state index is 13.4. The fraction of sp³-hybridized carbons (Fsp3) is 0.625. The van der Waals surface area contributed by atoms with Crippen LogP contribution in [-0.2, 0) is 16.1 Å². The Kier molecular flexibility index (Phi) is 9.02. The first-order valence-corrected chi connectivity index (χ1v) is 13.2. The largest absolute Gasteiger partial charge is 0.337 e. The Morgan fingerprint density at radius 3 is 2.58 bits per heavy atom. The van der Waals surface area contributed by atoms with Gasteiger partial charge >= 0.3 is 6.03 Å². The lowest BCUT2D eigenvalue weighted by Crippen LogP contribution is -2.76. The maximum Gasteiger partial charge on any atom is 0.334 e.